The highest BCUT2D eigenvalue weighted by Crippen LogP contribution is 2.21. The van der Waals surface area contributed by atoms with Crippen molar-refractivity contribution in [2.45, 2.75) is 19.8 Å². The quantitative estimate of drug-likeness (QED) is 0.349. The Bertz CT molecular complexity index is 547. The molecule has 0 saturated carbocycles. The maximum Gasteiger partial charge on any atom is 0.305 e. The fourth-order valence-electron chi connectivity index (χ4n) is 1.58. The van der Waals surface area contributed by atoms with Crippen LogP contribution in [0.2, 0.25) is 0 Å². The van der Waals surface area contributed by atoms with Crippen molar-refractivity contribution in [1.29, 1.82) is 0 Å². The van der Waals surface area contributed by atoms with Gasteiger partial charge in [0.15, 0.2) is 0 Å². The number of nitro groups is 1. The van der Waals surface area contributed by atoms with Crippen LogP contribution in [0.4, 0.5) is 5.69 Å². The van der Waals surface area contributed by atoms with Gasteiger partial charge in [0, 0.05) is 35.1 Å². The minimum absolute atomic E-state index is 0.166. The molecular weight excluding hydrogens is 344 g/mol. The smallest absolute Gasteiger partial charge is 0.305 e. The highest BCUT2D eigenvalue weighted by atomic mass is 79.9. The largest absolute Gasteiger partial charge is 0.466 e. The molecule has 1 aromatic carbocycles. The van der Waals surface area contributed by atoms with Crippen molar-refractivity contribution in [3.8, 4) is 0 Å². The van der Waals surface area contributed by atoms with E-state index in [1.165, 1.54) is 18.2 Å². The van der Waals surface area contributed by atoms with Crippen molar-refractivity contribution >= 4 is 33.5 Å². The van der Waals surface area contributed by atoms with Crippen LogP contribution >= 0.6 is 15.9 Å². The maximum atomic E-state index is 11.9. The van der Waals surface area contributed by atoms with E-state index in [-0.39, 0.29) is 30.2 Å². The second kappa shape index (κ2) is 8.35. The number of carbonyl (C=O) groups excluding carboxylic acids is 2. The first kappa shape index (κ1) is 17.1. The van der Waals surface area contributed by atoms with Crippen LogP contribution in [0.25, 0.3) is 0 Å². The molecule has 0 bridgehead atoms. The summed E-state index contributed by atoms with van der Waals surface area (Å²) < 4.78 is 5.21. The van der Waals surface area contributed by atoms with E-state index < -0.39 is 10.8 Å². The number of nitro benzene ring substituents is 1. The minimum atomic E-state index is -0.567. The molecule has 0 radical (unpaired) electrons. The summed E-state index contributed by atoms with van der Waals surface area (Å²) in [5, 5.41) is 13.3. The number of ether oxygens (including phenoxy) is 1. The molecule has 0 atom stereocenters. The number of carbonyl (C=O) groups is 2. The van der Waals surface area contributed by atoms with Crippen LogP contribution < -0.4 is 5.32 Å². The van der Waals surface area contributed by atoms with Gasteiger partial charge in [0.2, 0.25) is 0 Å². The lowest BCUT2D eigenvalue weighted by Gasteiger charge is -2.06. The maximum absolute atomic E-state index is 11.9. The molecule has 21 heavy (non-hydrogen) atoms. The number of esters is 1. The van der Waals surface area contributed by atoms with Crippen molar-refractivity contribution < 1.29 is 19.2 Å². The zero-order chi connectivity index (χ0) is 15.8. The molecule has 7 nitrogen and oxygen atoms in total. The normalized spacial score (nSPS) is 10.0. The Morgan fingerprint density at radius 1 is 1.38 bits per heavy atom. The second-order valence-corrected chi connectivity index (χ2v) is 5.04. The van der Waals surface area contributed by atoms with E-state index in [2.05, 4.69) is 21.2 Å². The zero-order valence-corrected chi connectivity index (χ0v) is 13.0. The fourth-order valence-corrected chi connectivity index (χ4v) is 2.06. The third-order valence-electron chi connectivity index (χ3n) is 2.50. The van der Waals surface area contributed by atoms with E-state index >= 15 is 0 Å². The third kappa shape index (κ3) is 5.90. The van der Waals surface area contributed by atoms with Crippen molar-refractivity contribution in [1.82, 2.24) is 5.32 Å². The van der Waals surface area contributed by atoms with Gasteiger partial charge in [0.1, 0.15) is 0 Å². The van der Waals surface area contributed by atoms with E-state index in [0.29, 0.717) is 17.5 Å². The summed E-state index contributed by atoms with van der Waals surface area (Å²) >= 11 is 3.12. The van der Waals surface area contributed by atoms with E-state index in [0.717, 1.165) is 0 Å². The monoisotopic (exact) mass is 358 g/mol. The van der Waals surface area contributed by atoms with Gasteiger partial charge in [-0.05, 0) is 19.4 Å². The number of amides is 1. The van der Waals surface area contributed by atoms with Crippen LogP contribution in [0.15, 0.2) is 22.7 Å². The summed E-state index contributed by atoms with van der Waals surface area (Å²) in [5.74, 6) is -0.742. The Hall–Kier alpha value is -1.96. The summed E-state index contributed by atoms with van der Waals surface area (Å²) in [7, 11) is 0. The van der Waals surface area contributed by atoms with Crippen molar-refractivity contribution in [3.05, 3.63) is 38.3 Å². The number of nitrogens with one attached hydrogen (secondary N) is 1. The first-order chi connectivity index (χ1) is 9.93. The van der Waals surface area contributed by atoms with Crippen LogP contribution in [-0.2, 0) is 9.53 Å². The van der Waals surface area contributed by atoms with Gasteiger partial charge < -0.3 is 10.1 Å². The summed E-state index contributed by atoms with van der Waals surface area (Å²) in [6.07, 6.45) is 0.660. The number of hydrogen-bond donors (Lipinski definition) is 1. The average Bonchev–Trinajstić information content (AvgIpc) is 2.43. The van der Waals surface area contributed by atoms with Gasteiger partial charge in [-0.2, -0.15) is 0 Å². The molecule has 0 fully saturated rings. The predicted octanol–water partition coefficient (Wildman–Crippen LogP) is 2.43. The second-order valence-electron chi connectivity index (χ2n) is 4.12. The molecule has 8 heteroatoms. The van der Waals surface area contributed by atoms with E-state index in [1.54, 1.807) is 6.92 Å². The van der Waals surface area contributed by atoms with E-state index in [9.17, 15) is 19.7 Å². The van der Waals surface area contributed by atoms with Crippen molar-refractivity contribution in [2.24, 2.45) is 0 Å². The fraction of sp³-hybridized carbons (Fsp3) is 0.385. The number of benzene rings is 1. The van der Waals surface area contributed by atoms with Crippen LogP contribution in [-0.4, -0.2) is 30.0 Å². The van der Waals surface area contributed by atoms with Gasteiger partial charge in [0.25, 0.3) is 11.6 Å². The molecule has 0 spiro atoms. The zero-order valence-electron chi connectivity index (χ0n) is 11.4. The molecule has 0 saturated heterocycles. The molecule has 1 N–H and O–H groups in total. The van der Waals surface area contributed by atoms with Crippen LogP contribution in [0.5, 0.6) is 0 Å². The Labute approximate surface area is 129 Å². The highest BCUT2D eigenvalue weighted by Gasteiger charge is 2.13. The molecule has 1 aromatic rings. The third-order valence-corrected chi connectivity index (χ3v) is 2.96. The van der Waals surface area contributed by atoms with Gasteiger partial charge in [-0.3, -0.25) is 19.7 Å². The number of hydrogen-bond acceptors (Lipinski definition) is 5. The van der Waals surface area contributed by atoms with Gasteiger partial charge in [0.05, 0.1) is 11.5 Å². The van der Waals surface area contributed by atoms with Crippen LogP contribution in [0, 0.1) is 10.1 Å². The highest BCUT2D eigenvalue weighted by molar-refractivity contribution is 9.10. The van der Waals surface area contributed by atoms with Gasteiger partial charge in [-0.1, -0.05) is 15.9 Å². The Balaban J connectivity index is 2.52. The molecule has 0 aliphatic rings. The first-order valence-corrected chi connectivity index (χ1v) is 7.12. The molecule has 1 amide bonds. The molecule has 0 unspecified atom stereocenters. The summed E-state index contributed by atoms with van der Waals surface area (Å²) in [4.78, 5) is 33.1. The Kier molecular flexibility index (Phi) is 6.80. The van der Waals surface area contributed by atoms with Crippen molar-refractivity contribution in [2.75, 3.05) is 13.2 Å². The average molecular weight is 359 g/mol. The lowest BCUT2D eigenvalue weighted by atomic mass is 10.2. The lowest BCUT2D eigenvalue weighted by Crippen LogP contribution is -2.25. The minimum Gasteiger partial charge on any atom is -0.466 e. The van der Waals surface area contributed by atoms with Crippen molar-refractivity contribution in [3.63, 3.8) is 0 Å². The molecule has 0 aliphatic heterocycles. The van der Waals surface area contributed by atoms with E-state index in [1.807, 2.05) is 0 Å². The number of non-ortho nitro benzene ring substituents is 1. The number of nitrogens with zero attached hydrogens (tertiary/aromatic N) is 1. The molecular formula is C13H15BrN2O5. The summed E-state index contributed by atoms with van der Waals surface area (Å²) in [5.41, 5.74) is 0.0215. The molecule has 0 aliphatic carbocycles. The van der Waals surface area contributed by atoms with Gasteiger partial charge >= 0.3 is 5.97 Å². The summed E-state index contributed by atoms with van der Waals surface area (Å²) in [6.45, 7) is 2.34. The van der Waals surface area contributed by atoms with Crippen LogP contribution in [0.1, 0.15) is 30.1 Å². The first-order valence-electron chi connectivity index (χ1n) is 6.33. The Morgan fingerprint density at radius 2 is 2.10 bits per heavy atom. The number of rotatable bonds is 7. The predicted molar refractivity (Wildman–Crippen MR) is 79.0 cm³/mol. The number of halogens is 1. The Morgan fingerprint density at radius 3 is 2.71 bits per heavy atom. The molecule has 1 rings (SSSR count). The molecule has 114 valence electrons. The van der Waals surface area contributed by atoms with Crippen LogP contribution in [0.3, 0.4) is 0 Å². The topological polar surface area (TPSA) is 98.5 Å². The SMILES string of the molecule is CCOC(=O)CCCNC(=O)c1cc(Br)cc([N+](=O)[O-])c1. The van der Waals surface area contributed by atoms with E-state index in [4.69, 9.17) is 4.74 Å². The standard InChI is InChI=1S/C13H15BrN2O5/c1-2-21-12(17)4-3-5-15-13(18)9-6-10(14)8-11(7-9)16(19)20/h6-8H,2-5H2,1H3,(H,15,18). The lowest BCUT2D eigenvalue weighted by molar-refractivity contribution is -0.385. The van der Waals surface area contributed by atoms with Gasteiger partial charge in [-0.25, -0.2) is 0 Å². The molecule has 0 heterocycles. The summed E-state index contributed by atoms with van der Waals surface area (Å²) in [6, 6.07) is 4.01. The van der Waals surface area contributed by atoms with Gasteiger partial charge in [-0.15, -0.1) is 0 Å². The molecule has 0 aromatic heterocycles.